The molecule has 266 valence electrons. The molecular weight excluding hydrogens is 640 g/mol. The van der Waals surface area contributed by atoms with E-state index in [9.17, 15) is 9.90 Å². The fourth-order valence-corrected chi connectivity index (χ4v) is 7.88. The monoisotopic (exact) mass is 688 g/mol. The van der Waals surface area contributed by atoms with Gasteiger partial charge in [-0.1, -0.05) is 18.2 Å². The van der Waals surface area contributed by atoms with Gasteiger partial charge in [0.2, 0.25) is 0 Å². The fourth-order valence-electron chi connectivity index (χ4n) is 7.88. The lowest BCUT2D eigenvalue weighted by Crippen LogP contribution is -2.51. The Hall–Kier alpha value is -5.00. The van der Waals surface area contributed by atoms with Crippen molar-refractivity contribution in [3.8, 4) is 11.5 Å². The normalized spacial score (nSPS) is 19.5. The van der Waals surface area contributed by atoms with Crippen molar-refractivity contribution in [2.24, 2.45) is 5.92 Å². The molecule has 3 aliphatic heterocycles. The summed E-state index contributed by atoms with van der Waals surface area (Å²) in [5.74, 6) is 2.19. The Balaban J connectivity index is 0.892. The van der Waals surface area contributed by atoms with Crippen molar-refractivity contribution in [1.82, 2.24) is 19.8 Å². The van der Waals surface area contributed by atoms with Gasteiger partial charge >= 0.3 is 5.97 Å². The second-order valence-corrected chi connectivity index (χ2v) is 14.1. The number of nitrogens with zero attached hydrogens (tertiary/aromatic N) is 5. The van der Waals surface area contributed by atoms with Gasteiger partial charge in [-0.15, -0.1) is 0 Å². The maximum Gasteiger partial charge on any atom is 0.335 e. The average molecular weight is 689 g/mol. The number of hydrogen-bond acceptors (Lipinski definition) is 10. The lowest BCUT2D eigenvalue weighted by molar-refractivity contribution is 0.0697. The number of carbonyl (C=O) groups is 1. The van der Waals surface area contributed by atoms with E-state index in [0.29, 0.717) is 40.5 Å². The van der Waals surface area contributed by atoms with Crippen LogP contribution < -0.4 is 20.7 Å². The van der Waals surface area contributed by atoms with Crippen LogP contribution in [0.1, 0.15) is 60.0 Å². The van der Waals surface area contributed by atoms with Crippen molar-refractivity contribution >= 4 is 29.0 Å². The van der Waals surface area contributed by atoms with Gasteiger partial charge in [0.05, 0.1) is 16.8 Å². The molecular formula is C40H48N8O3. The molecule has 0 bridgehead atoms. The van der Waals surface area contributed by atoms with Crippen LogP contribution in [0.4, 0.5) is 17.3 Å². The molecule has 3 fully saturated rings. The molecule has 5 N–H and O–H groups in total. The molecule has 0 aliphatic carbocycles. The summed E-state index contributed by atoms with van der Waals surface area (Å²) in [6, 6.07) is 25.2. The molecule has 0 radical (unpaired) electrons. The summed E-state index contributed by atoms with van der Waals surface area (Å²) in [5.41, 5.74) is 9.36. The van der Waals surface area contributed by atoms with Crippen LogP contribution >= 0.6 is 0 Å². The zero-order valence-corrected chi connectivity index (χ0v) is 29.1. The third-order valence-corrected chi connectivity index (χ3v) is 10.7. The van der Waals surface area contributed by atoms with E-state index in [4.69, 9.17) is 15.9 Å². The highest BCUT2D eigenvalue weighted by molar-refractivity contribution is 6.16. The number of nitrogens with one attached hydrogen (secondary N) is 2. The van der Waals surface area contributed by atoms with Gasteiger partial charge < -0.3 is 30.7 Å². The molecule has 11 nitrogen and oxygen atoms in total. The third kappa shape index (κ3) is 8.49. The average Bonchev–Trinajstić information content (AvgIpc) is 3.16. The van der Waals surface area contributed by atoms with Gasteiger partial charge in [-0.2, -0.15) is 0 Å². The summed E-state index contributed by atoms with van der Waals surface area (Å²) in [4.78, 5) is 27.7. The van der Waals surface area contributed by atoms with Crippen LogP contribution in [0.15, 0.2) is 85.2 Å². The van der Waals surface area contributed by atoms with E-state index in [1.54, 1.807) is 12.1 Å². The quantitative estimate of drug-likeness (QED) is 0.134. The molecule has 4 aromatic rings. The topological polar surface area (TPSA) is 144 Å². The SMILES string of the molecule is N=C(c1ccc(Oc2ccccc2)cc1)c1c(N)ncnc1NC1CCCN(C2CCN(CC3CCN(c4ccc(C(=O)O)cc4)CC3)CC2)C1. The van der Waals surface area contributed by atoms with E-state index in [-0.39, 0.29) is 11.8 Å². The number of benzene rings is 3. The number of aromatic carboxylic acids is 1. The summed E-state index contributed by atoms with van der Waals surface area (Å²) in [5, 5.41) is 21.9. The zero-order chi connectivity index (χ0) is 35.2. The first-order valence-electron chi connectivity index (χ1n) is 18.2. The van der Waals surface area contributed by atoms with Crippen LogP contribution in [-0.4, -0.2) is 94.5 Å². The number of carboxylic acids is 1. The fraction of sp³-hybridized carbons (Fsp3) is 0.400. The zero-order valence-electron chi connectivity index (χ0n) is 29.1. The Morgan fingerprint density at radius 1 is 0.843 bits per heavy atom. The van der Waals surface area contributed by atoms with Crippen LogP contribution in [-0.2, 0) is 0 Å². The Morgan fingerprint density at radius 3 is 2.24 bits per heavy atom. The van der Waals surface area contributed by atoms with Crippen molar-refractivity contribution in [2.45, 2.75) is 50.6 Å². The van der Waals surface area contributed by atoms with Gasteiger partial charge in [-0.3, -0.25) is 10.3 Å². The number of hydrogen-bond donors (Lipinski definition) is 4. The van der Waals surface area contributed by atoms with Gasteiger partial charge in [0.1, 0.15) is 29.5 Å². The number of piperidine rings is 3. The number of para-hydroxylation sites is 1. The predicted octanol–water partition coefficient (Wildman–Crippen LogP) is 6.22. The largest absolute Gasteiger partial charge is 0.478 e. The molecule has 7 rings (SSSR count). The molecule has 0 spiro atoms. The maximum atomic E-state index is 11.2. The summed E-state index contributed by atoms with van der Waals surface area (Å²) in [6.07, 6.45) is 8.33. The third-order valence-electron chi connectivity index (χ3n) is 10.7. The predicted molar refractivity (Wildman–Crippen MR) is 201 cm³/mol. The maximum absolute atomic E-state index is 11.2. The van der Waals surface area contributed by atoms with Crippen molar-refractivity contribution < 1.29 is 14.6 Å². The van der Waals surface area contributed by atoms with Crippen LogP contribution in [0.5, 0.6) is 11.5 Å². The smallest absolute Gasteiger partial charge is 0.335 e. The van der Waals surface area contributed by atoms with E-state index >= 15 is 0 Å². The number of rotatable bonds is 11. The number of nitrogen functional groups attached to an aromatic ring is 1. The van der Waals surface area contributed by atoms with Crippen LogP contribution in [0.3, 0.4) is 0 Å². The molecule has 4 heterocycles. The van der Waals surface area contributed by atoms with Gasteiger partial charge in [-0.05, 0) is 125 Å². The van der Waals surface area contributed by atoms with Gasteiger partial charge in [-0.25, -0.2) is 14.8 Å². The molecule has 3 aliphatic rings. The van der Waals surface area contributed by atoms with Gasteiger partial charge in [0, 0.05) is 49.5 Å². The highest BCUT2D eigenvalue weighted by Gasteiger charge is 2.31. The highest BCUT2D eigenvalue weighted by Crippen LogP contribution is 2.29. The van der Waals surface area contributed by atoms with Crippen molar-refractivity contribution in [3.05, 3.63) is 102 Å². The van der Waals surface area contributed by atoms with Crippen molar-refractivity contribution in [1.29, 1.82) is 5.41 Å². The minimum atomic E-state index is -0.880. The van der Waals surface area contributed by atoms with E-state index in [1.807, 2.05) is 66.7 Å². The number of aromatic nitrogens is 2. The Bertz CT molecular complexity index is 1770. The minimum absolute atomic E-state index is 0.213. The lowest BCUT2D eigenvalue weighted by atomic mass is 9.93. The Labute approximate surface area is 300 Å². The number of anilines is 3. The molecule has 1 aromatic heterocycles. The second kappa shape index (κ2) is 15.9. The molecule has 0 amide bonds. The first-order chi connectivity index (χ1) is 24.9. The summed E-state index contributed by atoms with van der Waals surface area (Å²) in [7, 11) is 0. The Morgan fingerprint density at radius 2 is 1.53 bits per heavy atom. The number of likely N-dealkylation sites (tertiary alicyclic amines) is 2. The van der Waals surface area contributed by atoms with E-state index in [1.165, 1.54) is 32.0 Å². The first-order valence-corrected chi connectivity index (χ1v) is 18.2. The molecule has 51 heavy (non-hydrogen) atoms. The van der Waals surface area contributed by atoms with Crippen LogP contribution in [0.25, 0.3) is 0 Å². The molecule has 3 aromatic carbocycles. The second-order valence-electron chi connectivity index (χ2n) is 14.1. The molecule has 3 saturated heterocycles. The molecule has 0 saturated carbocycles. The van der Waals surface area contributed by atoms with Gasteiger partial charge in [0.15, 0.2) is 0 Å². The number of carboxylic acid groups (broad SMARTS) is 1. The molecule has 1 atom stereocenters. The van der Waals surface area contributed by atoms with Crippen LogP contribution in [0.2, 0.25) is 0 Å². The van der Waals surface area contributed by atoms with E-state index < -0.39 is 5.97 Å². The van der Waals surface area contributed by atoms with E-state index in [2.05, 4.69) is 30.0 Å². The first kappa shape index (κ1) is 34.4. The van der Waals surface area contributed by atoms with Crippen LogP contribution in [0, 0.1) is 11.3 Å². The number of nitrogens with two attached hydrogens (primary N) is 1. The van der Waals surface area contributed by atoms with Crippen molar-refractivity contribution in [2.75, 3.05) is 61.8 Å². The van der Waals surface area contributed by atoms with Gasteiger partial charge in [0.25, 0.3) is 0 Å². The Kier molecular flexibility index (Phi) is 10.7. The number of ether oxygens (including phenoxy) is 1. The standard InChI is InChI=1S/C40H48N8O3/c41-37(29-10-14-35(15-11-29)51-34-6-2-1-3-7-34)36-38(42)43-27-44-39(36)45-31-5-4-20-48(26-31)33-18-21-46(22-19-33)25-28-16-23-47(24-17-28)32-12-8-30(9-13-32)40(49)50/h1-3,6-15,27-28,31,33,41H,4-5,16-26H2,(H,49,50)(H3,42,43,44,45). The minimum Gasteiger partial charge on any atom is -0.478 e. The van der Waals surface area contributed by atoms with E-state index in [0.717, 1.165) is 75.7 Å². The summed E-state index contributed by atoms with van der Waals surface area (Å²) in [6.45, 7) is 7.52. The van der Waals surface area contributed by atoms with Crippen molar-refractivity contribution in [3.63, 3.8) is 0 Å². The molecule has 1 unspecified atom stereocenters. The summed E-state index contributed by atoms with van der Waals surface area (Å²) < 4.78 is 5.94. The summed E-state index contributed by atoms with van der Waals surface area (Å²) >= 11 is 0. The molecule has 11 heteroatoms. The lowest BCUT2D eigenvalue weighted by Gasteiger charge is -2.43. The highest BCUT2D eigenvalue weighted by atomic mass is 16.5.